The van der Waals surface area contributed by atoms with Crippen LogP contribution >= 0.6 is 0 Å². The number of aliphatic carboxylic acids is 1. The van der Waals surface area contributed by atoms with E-state index in [2.05, 4.69) is 38.2 Å². The van der Waals surface area contributed by atoms with Gasteiger partial charge in [-0.15, -0.1) is 0 Å². The van der Waals surface area contributed by atoms with Gasteiger partial charge in [-0.2, -0.15) is 0 Å². The van der Waals surface area contributed by atoms with E-state index in [0.29, 0.717) is 31.6 Å². The van der Waals surface area contributed by atoms with Gasteiger partial charge in [0.25, 0.3) is 0 Å². The molecule has 0 radical (unpaired) electrons. The van der Waals surface area contributed by atoms with E-state index in [1.165, 1.54) is 5.56 Å². The van der Waals surface area contributed by atoms with Crippen LogP contribution in [0.4, 0.5) is 0 Å². The van der Waals surface area contributed by atoms with Gasteiger partial charge in [0.1, 0.15) is 0 Å². The Kier molecular flexibility index (Phi) is 5.80. The summed E-state index contributed by atoms with van der Waals surface area (Å²) in [6.45, 7) is 6.28. The van der Waals surface area contributed by atoms with Crippen molar-refractivity contribution in [2.45, 2.75) is 52.5 Å². The standard InChI is InChI=1S/C19H27NO3/c1-12(2)17(16-7-5-4-6-13(16)3)20-18(21)14-8-10-15(11-9-14)19(22)23/h4-7,12,14-15,17H,8-11H2,1-3H3,(H,20,21)(H,22,23). The molecular weight excluding hydrogens is 290 g/mol. The fraction of sp³-hybridized carbons (Fsp3) is 0.579. The third-order valence-electron chi connectivity index (χ3n) is 4.94. The zero-order chi connectivity index (χ0) is 17.0. The molecule has 2 N–H and O–H groups in total. The maximum Gasteiger partial charge on any atom is 0.306 e. The zero-order valence-corrected chi connectivity index (χ0v) is 14.2. The number of carbonyl (C=O) groups is 2. The minimum Gasteiger partial charge on any atom is -0.481 e. The Morgan fingerprint density at radius 2 is 1.65 bits per heavy atom. The van der Waals surface area contributed by atoms with Crippen LogP contribution in [0.3, 0.4) is 0 Å². The highest BCUT2D eigenvalue weighted by Gasteiger charge is 2.31. The Labute approximate surface area is 138 Å². The molecular formula is C19H27NO3. The molecule has 1 fully saturated rings. The van der Waals surface area contributed by atoms with E-state index in [-0.39, 0.29) is 23.8 Å². The molecule has 0 saturated heterocycles. The summed E-state index contributed by atoms with van der Waals surface area (Å²) in [5, 5.41) is 12.3. The van der Waals surface area contributed by atoms with Gasteiger partial charge in [0.15, 0.2) is 0 Å². The van der Waals surface area contributed by atoms with Crippen molar-refractivity contribution in [3.8, 4) is 0 Å². The summed E-state index contributed by atoms with van der Waals surface area (Å²) < 4.78 is 0. The minimum absolute atomic E-state index is 0.000831. The Morgan fingerprint density at radius 3 is 2.17 bits per heavy atom. The van der Waals surface area contributed by atoms with Gasteiger partial charge in [-0.1, -0.05) is 38.1 Å². The van der Waals surface area contributed by atoms with Crippen LogP contribution in [0.25, 0.3) is 0 Å². The Bertz CT molecular complexity index is 559. The van der Waals surface area contributed by atoms with E-state index in [9.17, 15) is 9.59 Å². The number of amides is 1. The van der Waals surface area contributed by atoms with Crippen LogP contribution in [-0.2, 0) is 9.59 Å². The predicted molar refractivity (Wildman–Crippen MR) is 90.0 cm³/mol. The molecule has 4 nitrogen and oxygen atoms in total. The Hall–Kier alpha value is -1.84. The van der Waals surface area contributed by atoms with Gasteiger partial charge in [-0.3, -0.25) is 9.59 Å². The first kappa shape index (κ1) is 17.5. The number of carboxylic acid groups (broad SMARTS) is 1. The first-order valence-electron chi connectivity index (χ1n) is 8.48. The van der Waals surface area contributed by atoms with Crippen LogP contribution in [0, 0.1) is 24.7 Å². The Balaban J connectivity index is 2.02. The highest BCUT2D eigenvalue weighted by molar-refractivity contribution is 5.80. The molecule has 23 heavy (non-hydrogen) atoms. The minimum atomic E-state index is -0.733. The van der Waals surface area contributed by atoms with Gasteiger partial charge >= 0.3 is 5.97 Å². The lowest BCUT2D eigenvalue weighted by molar-refractivity contribution is -0.144. The molecule has 1 aromatic carbocycles. The average Bonchev–Trinajstić information content (AvgIpc) is 2.53. The molecule has 1 aliphatic rings. The topological polar surface area (TPSA) is 66.4 Å². The Morgan fingerprint density at radius 1 is 1.09 bits per heavy atom. The summed E-state index contributed by atoms with van der Waals surface area (Å²) in [6.07, 6.45) is 2.54. The molecule has 0 aliphatic heterocycles. The fourth-order valence-corrected chi connectivity index (χ4v) is 3.41. The van der Waals surface area contributed by atoms with Crippen LogP contribution in [0.5, 0.6) is 0 Å². The van der Waals surface area contributed by atoms with Crippen molar-refractivity contribution < 1.29 is 14.7 Å². The highest BCUT2D eigenvalue weighted by Crippen LogP contribution is 2.31. The second-order valence-corrected chi connectivity index (χ2v) is 6.97. The van der Waals surface area contributed by atoms with Crippen LogP contribution in [0.2, 0.25) is 0 Å². The average molecular weight is 317 g/mol. The summed E-state index contributed by atoms with van der Waals surface area (Å²) in [5.74, 6) is -0.706. The smallest absolute Gasteiger partial charge is 0.306 e. The highest BCUT2D eigenvalue weighted by atomic mass is 16.4. The van der Waals surface area contributed by atoms with Crippen molar-refractivity contribution in [1.29, 1.82) is 0 Å². The van der Waals surface area contributed by atoms with Gasteiger partial charge in [-0.05, 0) is 49.7 Å². The maximum absolute atomic E-state index is 12.6. The monoisotopic (exact) mass is 317 g/mol. The summed E-state index contributed by atoms with van der Waals surface area (Å²) in [7, 11) is 0. The fourth-order valence-electron chi connectivity index (χ4n) is 3.41. The van der Waals surface area contributed by atoms with Gasteiger partial charge < -0.3 is 10.4 Å². The van der Waals surface area contributed by atoms with E-state index in [4.69, 9.17) is 5.11 Å². The van der Waals surface area contributed by atoms with Crippen molar-refractivity contribution in [2.24, 2.45) is 17.8 Å². The molecule has 1 amide bonds. The van der Waals surface area contributed by atoms with Crippen LogP contribution in [0.1, 0.15) is 56.7 Å². The van der Waals surface area contributed by atoms with Crippen LogP contribution in [-0.4, -0.2) is 17.0 Å². The first-order chi connectivity index (χ1) is 10.9. The van der Waals surface area contributed by atoms with Crippen LogP contribution < -0.4 is 5.32 Å². The number of hydrogen-bond acceptors (Lipinski definition) is 2. The summed E-state index contributed by atoms with van der Waals surface area (Å²) >= 11 is 0. The third kappa shape index (κ3) is 4.34. The molecule has 0 bridgehead atoms. The summed E-state index contributed by atoms with van der Waals surface area (Å²) in [5.41, 5.74) is 2.34. The van der Waals surface area contributed by atoms with Crippen molar-refractivity contribution in [3.05, 3.63) is 35.4 Å². The van der Waals surface area contributed by atoms with E-state index in [1.54, 1.807) is 0 Å². The molecule has 0 heterocycles. The van der Waals surface area contributed by atoms with E-state index in [1.807, 2.05) is 12.1 Å². The maximum atomic E-state index is 12.6. The van der Waals surface area contributed by atoms with Gasteiger partial charge in [0, 0.05) is 5.92 Å². The number of carbonyl (C=O) groups excluding carboxylic acids is 1. The van der Waals surface area contributed by atoms with Crippen molar-refractivity contribution in [3.63, 3.8) is 0 Å². The molecule has 0 aromatic heterocycles. The SMILES string of the molecule is Cc1ccccc1C(NC(=O)C1CCC(C(=O)O)CC1)C(C)C. The summed E-state index contributed by atoms with van der Waals surface area (Å²) in [4.78, 5) is 23.6. The number of rotatable bonds is 5. The lowest BCUT2D eigenvalue weighted by Crippen LogP contribution is -2.38. The molecule has 1 saturated carbocycles. The molecule has 1 aliphatic carbocycles. The van der Waals surface area contributed by atoms with Crippen molar-refractivity contribution in [2.75, 3.05) is 0 Å². The molecule has 0 spiro atoms. The second kappa shape index (κ2) is 7.62. The molecule has 4 heteroatoms. The number of nitrogens with one attached hydrogen (secondary N) is 1. The molecule has 126 valence electrons. The van der Waals surface area contributed by atoms with Crippen molar-refractivity contribution in [1.82, 2.24) is 5.32 Å². The van der Waals surface area contributed by atoms with Gasteiger partial charge in [0.05, 0.1) is 12.0 Å². The lowest BCUT2D eigenvalue weighted by Gasteiger charge is -2.29. The molecule has 1 aromatic rings. The number of carboxylic acids is 1. The normalized spacial score (nSPS) is 22.6. The van der Waals surface area contributed by atoms with E-state index < -0.39 is 5.97 Å². The first-order valence-corrected chi connectivity index (χ1v) is 8.48. The lowest BCUT2D eigenvalue weighted by atomic mass is 9.81. The quantitative estimate of drug-likeness (QED) is 0.870. The third-order valence-corrected chi connectivity index (χ3v) is 4.94. The van der Waals surface area contributed by atoms with Gasteiger partial charge in [0.2, 0.25) is 5.91 Å². The second-order valence-electron chi connectivity index (χ2n) is 6.97. The largest absolute Gasteiger partial charge is 0.481 e. The zero-order valence-electron chi connectivity index (χ0n) is 14.2. The summed E-state index contributed by atoms with van der Waals surface area (Å²) in [6, 6.07) is 8.14. The van der Waals surface area contributed by atoms with E-state index >= 15 is 0 Å². The number of aryl methyl sites for hydroxylation is 1. The molecule has 1 unspecified atom stereocenters. The predicted octanol–water partition coefficient (Wildman–Crippen LogP) is 3.70. The molecule has 1 atom stereocenters. The van der Waals surface area contributed by atoms with Crippen molar-refractivity contribution >= 4 is 11.9 Å². The number of benzene rings is 1. The van der Waals surface area contributed by atoms with E-state index in [0.717, 1.165) is 5.56 Å². The molecule has 2 rings (SSSR count). The number of hydrogen-bond donors (Lipinski definition) is 2. The van der Waals surface area contributed by atoms with Crippen LogP contribution in [0.15, 0.2) is 24.3 Å². The van der Waals surface area contributed by atoms with Gasteiger partial charge in [-0.25, -0.2) is 0 Å².